The number of nitrogens with zero attached hydrogens (tertiary/aromatic N) is 4. The molecule has 1 aliphatic rings. The molecule has 1 N–H and O–H groups in total. The Morgan fingerprint density at radius 3 is 2.79 bits per heavy atom. The number of nitriles is 1. The second kappa shape index (κ2) is 7.86. The van der Waals surface area contributed by atoms with Crippen molar-refractivity contribution in [3.63, 3.8) is 0 Å². The Labute approximate surface area is 142 Å². The van der Waals surface area contributed by atoms with Gasteiger partial charge < -0.3 is 10.1 Å². The average molecular weight is 323 g/mol. The first-order valence-corrected chi connectivity index (χ1v) is 8.18. The van der Waals surface area contributed by atoms with Crippen molar-refractivity contribution in [3.8, 4) is 6.07 Å². The molecule has 2 heterocycles. The zero-order chi connectivity index (χ0) is 16.8. The summed E-state index contributed by atoms with van der Waals surface area (Å²) in [6, 6.07) is 12.6. The van der Waals surface area contributed by atoms with Gasteiger partial charge in [0.15, 0.2) is 5.69 Å². The maximum Gasteiger partial charge on any atom is 0.158 e. The summed E-state index contributed by atoms with van der Waals surface area (Å²) in [6.45, 7) is 5.45. The van der Waals surface area contributed by atoms with Crippen LogP contribution in [0.25, 0.3) is 0 Å². The highest BCUT2D eigenvalue weighted by atomic mass is 16.5. The largest absolute Gasteiger partial charge is 0.373 e. The van der Waals surface area contributed by atoms with E-state index in [9.17, 15) is 0 Å². The van der Waals surface area contributed by atoms with Crippen molar-refractivity contribution in [2.45, 2.75) is 19.1 Å². The molecule has 0 saturated carbocycles. The first-order chi connectivity index (χ1) is 11.8. The maximum atomic E-state index is 8.78. The van der Waals surface area contributed by atoms with Crippen molar-refractivity contribution in [2.75, 3.05) is 31.6 Å². The number of hydrogen-bond donors (Lipinski definition) is 1. The Kier molecular flexibility index (Phi) is 5.36. The highest BCUT2D eigenvalue weighted by molar-refractivity contribution is 5.33. The Morgan fingerprint density at radius 2 is 2.12 bits per heavy atom. The van der Waals surface area contributed by atoms with Crippen LogP contribution in [0.15, 0.2) is 42.7 Å². The molecule has 1 fully saturated rings. The fraction of sp³-hybridized carbons (Fsp3) is 0.389. The molecule has 2 aromatic rings. The number of ether oxygens (including phenoxy) is 1. The highest BCUT2D eigenvalue weighted by Crippen LogP contribution is 2.29. The molecule has 0 spiro atoms. The lowest BCUT2D eigenvalue weighted by molar-refractivity contribution is -0.0639. The normalized spacial score (nSPS) is 21.2. The predicted octanol–water partition coefficient (Wildman–Crippen LogP) is 2.22. The van der Waals surface area contributed by atoms with Crippen molar-refractivity contribution in [1.82, 2.24) is 14.9 Å². The molecule has 1 aliphatic heterocycles. The fourth-order valence-corrected chi connectivity index (χ4v) is 3.07. The molecule has 124 valence electrons. The van der Waals surface area contributed by atoms with Gasteiger partial charge in [0.05, 0.1) is 31.1 Å². The van der Waals surface area contributed by atoms with E-state index in [0.29, 0.717) is 18.1 Å². The lowest BCUT2D eigenvalue weighted by atomic mass is 9.98. The van der Waals surface area contributed by atoms with E-state index >= 15 is 0 Å². The molecule has 0 aliphatic carbocycles. The Bertz CT molecular complexity index is 683. The number of anilines is 1. The van der Waals surface area contributed by atoms with E-state index in [0.717, 1.165) is 19.7 Å². The second-order valence-electron chi connectivity index (χ2n) is 5.67. The van der Waals surface area contributed by atoms with Crippen LogP contribution in [0.4, 0.5) is 5.82 Å². The van der Waals surface area contributed by atoms with E-state index < -0.39 is 0 Å². The summed E-state index contributed by atoms with van der Waals surface area (Å²) in [5.41, 5.74) is 1.57. The van der Waals surface area contributed by atoms with Crippen molar-refractivity contribution in [2.24, 2.45) is 0 Å². The monoisotopic (exact) mass is 323 g/mol. The first-order valence-electron chi connectivity index (χ1n) is 8.18. The number of rotatable bonds is 5. The number of hydrogen-bond acceptors (Lipinski definition) is 6. The Morgan fingerprint density at radius 1 is 1.29 bits per heavy atom. The maximum absolute atomic E-state index is 8.78. The third-order valence-electron chi connectivity index (χ3n) is 4.25. The summed E-state index contributed by atoms with van der Waals surface area (Å²) in [5.74, 6) is 0.651. The molecule has 3 rings (SSSR count). The minimum atomic E-state index is 0.0264. The van der Waals surface area contributed by atoms with Crippen LogP contribution in [0.1, 0.15) is 24.2 Å². The van der Waals surface area contributed by atoms with Crippen LogP contribution in [-0.2, 0) is 4.74 Å². The quantitative estimate of drug-likeness (QED) is 0.909. The fourth-order valence-electron chi connectivity index (χ4n) is 3.07. The molecule has 0 unspecified atom stereocenters. The van der Waals surface area contributed by atoms with Crippen LogP contribution in [-0.4, -0.2) is 47.2 Å². The summed E-state index contributed by atoms with van der Waals surface area (Å²) < 4.78 is 6.04. The van der Waals surface area contributed by atoms with Crippen LogP contribution in [0.2, 0.25) is 0 Å². The summed E-state index contributed by atoms with van der Waals surface area (Å²) in [7, 11) is 0. The molecular weight excluding hydrogens is 302 g/mol. The van der Waals surface area contributed by atoms with Crippen LogP contribution in [0.5, 0.6) is 0 Å². The van der Waals surface area contributed by atoms with E-state index in [4.69, 9.17) is 10.00 Å². The van der Waals surface area contributed by atoms with Crippen LogP contribution >= 0.6 is 0 Å². The van der Waals surface area contributed by atoms with Gasteiger partial charge in [-0.1, -0.05) is 37.3 Å². The summed E-state index contributed by atoms with van der Waals surface area (Å²) in [5, 5.41) is 12.1. The van der Waals surface area contributed by atoms with Crippen molar-refractivity contribution >= 4 is 5.82 Å². The van der Waals surface area contributed by atoms with Crippen molar-refractivity contribution in [3.05, 3.63) is 54.0 Å². The molecule has 0 amide bonds. The zero-order valence-corrected chi connectivity index (χ0v) is 13.7. The third-order valence-corrected chi connectivity index (χ3v) is 4.25. The number of nitrogens with one attached hydrogen (secondary N) is 1. The molecule has 24 heavy (non-hydrogen) atoms. The van der Waals surface area contributed by atoms with Gasteiger partial charge in [-0.3, -0.25) is 4.90 Å². The van der Waals surface area contributed by atoms with E-state index in [-0.39, 0.29) is 12.1 Å². The van der Waals surface area contributed by atoms with Gasteiger partial charge in [-0.05, 0) is 12.1 Å². The predicted molar refractivity (Wildman–Crippen MR) is 91.4 cm³/mol. The molecule has 2 atom stereocenters. The lowest BCUT2D eigenvalue weighted by Gasteiger charge is -2.41. The SMILES string of the molecule is CCN1CCO[C@@H](CNc2cnc(C#N)cn2)[C@@H]1c1ccccc1. The number of benzene rings is 1. The highest BCUT2D eigenvalue weighted by Gasteiger charge is 2.32. The van der Waals surface area contributed by atoms with Gasteiger partial charge in [-0.15, -0.1) is 0 Å². The summed E-state index contributed by atoms with van der Waals surface area (Å²) in [4.78, 5) is 10.7. The average Bonchev–Trinajstić information content (AvgIpc) is 2.67. The van der Waals surface area contributed by atoms with E-state index in [2.05, 4.69) is 51.4 Å². The molecule has 1 aromatic carbocycles. The van der Waals surface area contributed by atoms with Gasteiger partial charge in [0, 0.05) is 13.1 Å². The third kappa shape index (κ3) is 3.70. The molecular formula is C18H21N5O. The molecule has 6 nitrogen and oxygen atoms in total. The molecule has 0 bridgehead atoms. The number of likely N-dealkylation sites (N-methyl/N-ethyl adjacent to an activating group) is 1. The molecule has 1 aromatic heterocycles. The minimum absolute atomic E-state index is 0.0264. The zero-order valence-electron chi connectivity index (χ0n) is 13.7. The van der Waals surface area contributed by atoms with Gasteiger partial charge >= 0.3 is 0 Å². The second-order valence-corrected chi connectivity index (χ2v) is 5.67. The van der Waals surface area contributed by atoms with E-state index in [1.54, 1.807) is 6.20 Å². The molecule has 1 saturated heterocycles. The van der Waals surface area contributed by atoms with Crippen LogP contribution < -0.4 is 5.32 Å². The van der Waals surface area contributed by atoms with Crippen molar-refractivity contribution in [1.29, 1.82) is 5.26 Å². The summed E-state index contributed by atoms with van der Waals surface area (Å²) in [6.07, 6.45) is 3.08. The van der Waals surface area contributed by atoms with Gasteiger partial charge in [-0.25, -0.2) is 9.97 Å². The smallest absolute Gasteiger partial charge is 0.158 e. The molecule has 0 radical (unpaired) electrons. The minimum Gasteiger partial charge on any atom is -0.373 e. The summed E-state index contributed by atoms with van der Waals surface area (Å²) >= 11 is 0. The lowest BCUT2D eigenvalue weighted by Crippen LogP contribution is -2.47. The van der Waals surface area contributed by atoms with E-state index in [1.807, 2.05) is 12.1 Å². The van der Waals surface area contributed by atoms with Gasteiger partial charge in [0.2, 0.25) is 0 Å². The Balaban J connectivity index is 1.72. The van der Waals surface area contributed by atoms with Gasteiger partial charge in [-0.2, -0.15) is 5.26 Å². The van der Waals surface area contributed by atoms with Crippen molar-refractivity contribution < 1.29 is 4.74 Å². The van der Waals surface area contributed by atoms with Crippen LogP contribution in [0.3, 0.4) is 0 Å². The first kappa shape index (κ1) is 16.4. The standard InChI is InChI=1S/C18H21N5O/c1-2-23-8-9-24-16(18(23)14-6-4-3-5-7-14)12-22-17-13-20-15(10-19)11-21-17/h3-7,11,13,16,18H,2,8-9,12H2,1H3,(H,21,22)/t16-,18-/m0/s1. The number of morpholine rings is 1. The Hall–Kier alpha value is -2.49. The van der Waals surface area contributed by atoms with E-state index in [1.165, 1.54) is 11.8 Å². The topological polar surface area (TPSA) is 74.1 Å². The van der Waals surface area contributed by atoms with Crippen LogP contribution in [0, 0.1) is 11.3 Å². The van der Waals surface area contributed by atoms with Gasteiger partial charge in [0.1, 0.15) is 11.9 Å². The molecule has 6 heteroatoms. The van der Waals surface area contributed by atoms with Gasteiger partial charge in [0.25, 0.3) is 0 Å². The number of aromatic nitrogens is 2.